The maximum atomic E-state index is 11.6. The van der Waals surface area contributed by atoms with E-state index in [1.807, 2.05) is 42.7 Å². The first-order chi connectivity index (χ1) is 12.2. The largest absolute Gasteiger partial charge is 0.506 e. The van der Waals surface area contributed by atoms with E-state index in [4.69, 9.17) is 23.8 Å². The molecule has 1 heterocycles. The molecule has 1 unspecified atom stereocenters. The quantitative estimate of drug-likeness (QED) is 0.619. The Morgan fingerprint density at radius 3 is 2.38 bits per heavy atom. The lowest BCUT2D eigenvalue weighted by Gasteiger charge is -2.12. The van der Waals surface area contributed by atoms with Gasteiger partial charge < -0.3 is 14.8 Å². The Balaban J connectivity index is 2.33. The van der Waals surface area contributed by atoms with Gasteiger partial charge in [-0.25, -0.2) is 0 Å². The van der Waals surface area contributed by atoms with Crippen LogP contribution in [-0.4, -0.2) is 25.7 Å². The van der Waals surface area contributed by atoms with Crippen LogP contribution in [0.2, 0.25) is 5.02 Å². The first-order valence-electron chi connectivity index (χ1n) is 8.10. The van der Waals surface area contributed by atoms with Gasteiger partial charge in [0, 0.05) is 16.6 Å². The number of aryl methyl sites for hydroxylation is 1. The minimum Gasteiger partial charge on any atom is -0.506 e. The summed E-state index contributed by atoms with van der Waals surface area (Å²) in [6, 6.07) is 11.0. The second-order valence-corrected chi connectivity index (χ2v) is 7.18. The molecule has 2 N–H and O–H groups in total. The van der Waals surface area contributed by atoms with Gasteiger partial charge in [-0.1, -0.05) is 53.6 Å². The number of halogens is 1. The molecule has 0 spiro atoms. The fourth-order valence-electron chi connectivity index (χ4n) is 3.21. The highest BCUT2D eigenvalue weighted by atomic mass is 35.5. The Morgan fingerprint density at radius 1 is 1.19 bits per heavy atom. The number of carboxylic acids is 1. The van der Waals surface area contributed by atoms with Crippen LogP contribution in [0.1, 0.15) is 35.2 Å². The summed E-state index contributed by atoms with van der Waals surface area (Å²) < 4.78 is 1.83. The van der Waals surface area contributed by atoms with Crippen molar-refractivity contribution >= 4 is 45.7 Å². The number of aromatic hydroxyl groups is 1. The van der Waals surface area contributed by atoms with Crippen LogP contribution in [-0.2, 0) is 4.79 Å². The van der Waals surface area contributed by atoms with Crippen molar-refractivity contribution in [2.24, 2.45) is 0 Å². The lowest BCUT2D eigenvalue weighted by Crippen LogP contribution is -2.14. The molecule has 3 rings (SSSR count). The number of aromatic nitrogens is 1. The van der Waals surface area contributed by atoms with Gasteiger partial charge in [0.1, 0.15) is 10.7 Å². The fraction of sp³-hybridized carbons (Fsp3) is 0.200. The van der Waals surface area contributed by atoms with Crippen molar-refractivity contribution in [1.82, 2.24) is 4.57 Å². The number of phenols is 1. The van der Waals surface area contributed by atoms with Crippen LogP contribution in [0.3, 0.4) is 0 Å². The summed E-state index contributed by atoms with van der Waals surface area (Å²) in [5.74, 6) is -1.78. The molecule has 134 valence electrons. The van der Waals surface area contributed by atoms with Crippen LogP contribution < -0.4 is 0 Å². The first-order valence-corrected chi connectivity index (χ1v) is 8.88. The van der Waals surface area contributed by atoms with Crippen molar-refractivity contribution in [3.05, 3.63) is 63.8 Å². The molecule has 0 aliphatic carbocycles. The Morgan fingerprint density at radius 2 is 1.81 bits per heavy atom. The van der Waals surface area contributed by atoms with Crippen LogP contribution >= 0.6 is 23.8 Å². The first kappa shape index (κ1) is 18.4. The number of fused-ring (bicyclic) bond motifs is 1. The minimum absolute atomic E-state index is 0.0867. The van der Waals surface area contributed by atoms with E-state index in [0.29, 0.717) is 21.5 Å². The number of rotatable bonds is 3. The van der Waals surface area contributed by atoms with Crippen molar-refractivity contribution < 1.29 is 15.0 Å². The summed E-state index contributed by atoms with van der Waals surface area (Å²) in [6.45, 7) is 5.45. The lowest BCUT2D eigenvalue weighted by atomic mass is 9.98. The summed E-state index contributed by atoms with van der Waals surface area (Å²) in [5.41, 5.74) is 4.00. The zero-order valence-electron chi connectivity index (χ0n) is 14.6. The zero-order chi connectivity index (χ0) is 19.2. The normalized spacial score (nSPS) is 12.3. The van der Waals surface area contributed by atoms with Gasteiger partial charge in [0.05, 0.1) is 16.5 Å². The Bertz CT molecular complexity index is 1040. The second-order valence-electron chi connectivity index (χ2n) is 6.39. The van der Waals surface area contributed by atoms with E-state index < -0.39 is 11.9 Å². The Labute approximate surface area is 161 Å². The van der Waals surface area contributed by atoms with Gasteiger partial charge in [-0.15, -0.1) is 0 Å². The molecule has 2 aromatic carbocycles. The third kappa shape index (κ3) is 2.97. The van der Waals surface area contributed by atoms with Crippen molar-refractivity contribution in [3.63, 3.8) is 0 Å². The highest BCUT2D eigenvalue weighted by Gasteiger charge is 2.26. The molecular formula is C20H18ClNO3S. The molecule has 1 atom stereocenters. The predicted molar refractivity (Wildman–Crippen MR) is 108 cm³/mol. The molecule has 0 saturated heterocycles. The maximum Gasteiger partial charge on any atom is 0.310 e. The van der Waals surface area contributed by atoms with Crippen LogP contribution in [0.25, 0.3) is 10.9 Å². The standard InChI is InChI=1S/C20H18ClNO3S/c1-10-4-6-13(7-5-10)19(26)22-12(3)18(11(2)20(24)25)14-8-17(23)15(21)9-16(14)22/h4-9,11,23H,1-3H3,(H,24,25). The van der Waals surface area contributed by atoms with E-state index >= 15 is 0 Å². The Kier molecular flexibility index (Phi) is 4.78. The third-order valence-corrected chi connectivity index (χ3v) is 5.35. The van der Waals surface area contributed by atoms with E-state index in [9.17, 15) is 15.0 Å². The molecule has 6 heteroatoms. The van der Waals surface area contributed by atoms with Crippen LogP contribution in [0, 0.1) is 13.8 Å². The molecule has 4 nitrogen and oxygen atoms in total. The Hall–Kier alpha value is -2.37. The molecule has 0 radical (unpaired) electrons. The average molecular weight is 388 g/mol. The lowest BCUT2D eigenvalue weighted by molar-refractivity contribution is -0.138. The summed E-state index contributed by atoms with van der Waals surface area (Å²) >= 11 is 11.8. The topological polar surface area (TPSA) is 62.5 Å². The van der Waals surface area contributed by atoms with Crippen LogP contribution in [0.15, 0.2) is 36.4 Å². The summed E-state index contributed by atoms with van der Waals surface area (Å²) in [4.78, 5) is 12.2. The van der Waals surface area contributed by atoms with Gasteiger partial charge in [-0.3, -0.25) is 4.79 Å². The minimum atomic E-state index is -0.942. The fourth-order valence-corrected chi connectivity index (χ4v) is 3.73. The van der Waals surface area contributed by atoms with Gasteiger partial charge in [0.15, 0.2) is 0 Å². The maximum absolute atomic E-state index is 11.6. The van der Waals surface area contributed by atoms with E-state index in [2.05, 4.69) is 0 Å². The zero-order valence-corrected chi connectivity index (χ0v) is 16.1. The number of carbonyl (C=O) groups is 1. The molecule has 0 amide bonds. The average Bonchev–Trinajstić information content (AvgIpc) is 2.85. The molecule has 26 heavy (non-hydrogen) atoms. The highest BCUT2D eigenvalue weighted by Crippen LogP contribution is 2.38. The number of benzene rings is 2. The molecule has 1 aromatic heterocycles. The van der Waals surface area contributed by atoms with Crippen molar-refractivity contribution in [2.45, 2.75) is 26.7 Å². The van der Waals surface area contributed by atoms with Crippen molar-refractivity contribution in [3.8, 4) is 5.75 Å². The SMILES string of the molecule is Cc1ccc(C(=S)n2c(C)c(C(C)C(=O)O)c3cc(O)c(Cl)cc32)cc1. The molecule has 0 bridgehead atoms. The van der Waals surface area contributed by atoms with E-state index in [1.54, 1.807) is 13.0 Å². The molecular weight excluding hydrogens is 370 g/mol. The van der Waals surface area contributed by atoms with Gasteiger partial charge in [0.2, 0.25) is 0 Å². The number of carboxylic acid groups (broad SMARTS) is 1. The summed E-state index contributed by atoms with van der Waals surface area (Å²) in [6.07, 6.45) is 0. The van der Waals surface area contributed by atoms with E-state index in [0.717, 1.165) is 16.8 Å². The van der Waals surface area contributed by atoms with Gasteiger partial charge in [0.25, 0.3) is 0 Å². The van der Waals surface area contributed by atoms with Gasteiger partial charge >= 0.3 is 5.97 Å². The second kappa shape index (κ2) is 6.74. The van der Waals surface area contributed by atoms with E-state index in [-0.39, 0.29) is 10.8 Å². The van der Waals surface area contributed by atoms with Gasteiger partial charge in [-0.2, -0.15) is 0 Å². The van der Waals surface area contributed by atoms with Crippen molar-refractivity contribution in [1.29, 1.82) is 0 Å². The van der Waals surface area contributed by atoms with Crippen molar-refractivity contribution in [2.75, 3.05) is 0 Å². The number of hydrogen-bond donors (Lipinski definition) is 2. The molecule has 0 fully saturated rings. The molecule has 0 aliphatic rings. The molecule has 0 aliphatic heterocycles. The monoisotopic (exact) mass is 387 g/mol. The highest BCUT2D eigenvalue weighted by molar-refractivity contribution is 7.80. The smallest absolute Gasteiger partial charge is 0.310 e. The van der Waals surface area contributed by atoms with Gasteiger partial charge in [-0.05, 0) is 38.5 Å². The number of hydrogen-bond acceptors (Lipinski definition) is 3. The van der Waals surface area contributed by atoms with Crippen LogP contribution in [0.5, 0.6) is 5.75 Å². The summed E-state index contributed by atoms with van der Waals surface area (Å²) in [7, 11) is 0. The number of nitrogens with zero attached hydrogens (tertiary/aromatic N) is 1. The number of aliphatic carboxylic acids is 1. The van der Waals surface area contributed by atoms with E-state index in [1.165, 1.54) is 6.07 Å². The summed E-state index contributed by atoms with van der Waals surface area (Å²) in [5, 5.41) is 20.4. The van der Waals surface area contributed by atoms with Crippen LogP contribution in [0.4, 0.5) is 0 Å². The number of thiocarbonyl (C=S) groups is 1. The predicted octanol–water partition coefficient (Wildman–Crippen LogP) is 5.03. The number of phenolic OH excluding ortho intramolecular Hbond substituents is 1. The third-order valence-electron chi connectivity index (χ3n) is 4.63. The molecule has 0 saturated carbocycles. The molecule has 3 aromatic rings.